The van der Waals surface area contributed by atoms with E-state index >= 15 is 0 Å². The standard InChI is InChI=1S/C22H27N5O3/c1-25-14-17(12-23-25)22(30)16-6-8-27(9-7-16)21(29)5-3-4-15-10-19-18(20(28)11-15)13-24-26(19)2/h10,12-14,16H,3-9,11H2,1-2H3. The molecule has 0 N–H and O–H groups in total. The number of nitrogens with zero attached hydrogens (tertiary/aromatic N) is 5. The van der Waals surface area contributed by atoms with Crippen molar-refractivity contribution in [3.8, 4) is 0 Å². The lowest BCUT2D eigenvalue weighted by molar-refractivity contribution is -0.132. The fourth-order valence-corrected chi connectivity index (χ4v) is 4.34. The van der Waals surface area contributed by atoms with Crippen LogP contribution in [0.3, 0.4) is 0 Å². The van der Waals surface area contributed by atoms with Crippen molar-refractivity contribution in [2.75, 3.05) is 13.1 Å². The van der Waals surface area contributed by atoms with E-state index in [0.717, 1.165) is 24.1 Å². The quantitative estimate of drug-likeness (QED) is 0.684. The minimum absolute atomic E-state index is 0.0373. The smallest absolute Gasteiger partial charge is 0.222 e. The number of allylic oxidation sites excluding steroid dienone is 1. The molecule has 1 aliphatic heterocycles. The molecule has 30 heavy (non-hydrogen) atoms. The van der Waals surface area contributed by atoms with Gasteiger partial charge < -0.3 is 4.90 Å². The second-order valence-electron chi connectivity index (χ2n) is 8.25. The fourth-order valence-electron chi connectivity index (χ4n) is 4.34. The first-order valence-electron chi connectivity index (χ1n) is 10.5. The molecular formula is C22H27N5O3. The minimum atomic E-state index is -0.0373. The molecule has 1 aliphatic carbocycles. The number of carbonyl (C=O) groups is 3. The van der Waals surface area contributed by atoms with Crippen molar-refractivity contribution in [2.24, 2.45) is 20.0 Å². The summed E-state index contributed by atoms with van der Waals surface area (Å²) in [5.41, 5.74) is 3.24. The van der Waals surface area contributed by atoms with Crippen LogP contribution in [0, 0.1) is 5.92 Å². The third-order valence-corrected chi connectivity index (χ3v) is 6.11. The third-order valence-electron chi connectivity index (χ3n) is 6.11. The van der Waals surface area contributed by atoms with Crippen molar-refractivity contribution < 1.29 is 14.4 Å². The first kappa shape index (κ1) is 20.3. The van der Waals surface area contributed by atoms with Gasteiger partial charge in [-0.1, -0.05) is 5.57 Å². The van der Waals surface area contributed by atoms with E-state index in [2.05, 4.69) is 10.2 Å². The van der Waals surface area contributed by atoms with Crippen molar-refractivity contribution in [3.63, 3.8) is 0 Å². The highest BCUT2D eigenvalue weighted by atomic mass is 16.2. The van der Waals surface area contributed by atoms with Gasteiger partial charge in [-0.25, -0.2) is 0 Å². The molecule has 2 aromatic rings. The summed E-state index contributed by atoms with van der Waals surface area (Å²) in [4.78, 5) is 39.3. The molecule has 0 aromatic carbocycles. The normalized spacial score (nSPS) is 17.1. The Morgan fingerprint density at radius 3 is 2.60 bits per heavy atom. The monoisotopic (exact) mass is 409 g/mol. The Morgan fingerprint density at radius 1 is 1.13 bits per heavy atom. The highest BCUT2D eigenvalue weighted by Gasteiger charge is 2.28. The second-order valence-corrected chi connectivity index (χ2v) is 8.25. The van der Waals surface area contributed by atoms with Crippen LogP contribution in [-0.2, 0) is 18.9 Å². The van der Waals surface area contributed by atoms with Gasteiger partial charge in [0.1, 0.15) is 0 Å². The van der Waals surface area contributed by atoms with Crippen molar-refractivity contribution in [1.82, 2.24) is 24.5 Å². The van der Waals surface area contributed by atoms with Gasteiger partial charge in [-0.3, -0.25) is 23.7 Å². The Morgan fingerprint density at radius 2 is 1.90 bits per heavy atom. The largest absolute Gasteiger partial charge is 0.343 e. The SMILES string of the molecule is Cn1cc(C(=O)C2CCN(C(=O)CCCC3=Cc4c(cnn4C)C(=O)C3)CC2)cn1. The molecule has 0 atom stereocenters. The van der Waals surface area contributed by atoms with Gasteiger partial charge in [0.05, 0.1) is 29.2 Å². The van der Waals surface area contributed by atoms with E-state index in [-0.39, 0.29) is 23.4 Å². The van der Waals surface area contributed by atoms with Crippen LogP contribution in [0.1, 0.15) is 64.9 Å². The number of aryl methyl sites for hydroxylation is 2. The van der Waals surface area contributed by atoms with Gasteiger partial charge in [0.25, 0.3) is 0 Å². The molecule has 4 rings (SSSR count). The number of ketones is 2. The van der Waals surface area contributed by atoms with E-state index in [1.807, 2.05) is 18.0 Å². The van der Waals surface area contributed by atoms with Gasteiger partial charge >= 0.3 is 0 Å². The first-order chi connectivity index (χ1) is 14.4. The third kappa shape index (κ3) is 4.13. The molecule has 1 amide bonds. The predicted octanol–water partition coefficient (Wildman–Crippen LogP) is 2.42. The Labute approximate surface area is 175 Å². The van der Waals surface area contributed by atoms with Crippen LogP contribution in [0.4, 0.5) is 0 Å². The number of hydrogen-bond acceptors (Lipinski definition) is 5. The summed E-state index contributed by atoms with van der Waals surface area (Å²) in [5, 5.41) is 8.22. The van der Waals surface area contributed by atoms with Gasteiger partial charge in [0.15, 0.2) is 11.6 Å². The Hall–Kier alpha value is -3.03. The number of amides is 1. The van der Waals surface area contributed by atoms with Crippen LogP contribution in [0.15, 0.2) is 24.2 Å². The Bertz CT molecular complexity index is 1010. The molecule has 2 aliphatic rings. The first-order valence-corrected chi connectivity index (χ1v) is 10.5. The second kappa shape index (κ2) is 8.38. The van der Waals surface area contributed by atoms with Crippen molar-refractivity contribution in [2.45, 2.75) is 38.5 Å². The molecule has 3 heterocycles. The number of carbonyl (C=O) groups excluding carboxylic acids is 3. The van der Waals surface area contributed by atoms with Gasteiger partial charge in [0, 0.05) is 52.1 Å². The fraction of sp³-hybridized carbons (Fsp3) is 0.500. The van der Waals surface area contributed by atoms with E-state index in [0.29, 0.717) is 49.9 Å². The number of hydrogen-bond donors (Lipinski definition) is 0. The van der Waals surface area contributed by atoms with Crippen LogP contribution in [0.2, 0.25) is 0 Å². The predicted molar refractivity (Wildman–Crippen MR) is 111 cm³/mol. The molecule has 0 unspecified atom stereocenters. The lowest BCUT2D eigenvalue weighted by Gasteiger charge is -2.31. The summed E-state index contributed by atoms with van der Waals surface area (Å²) < 4.78 is 3.35. The molecule has 0 bridgehead atoms. The summed E-state index contributed by atoms with van der Waals surface area (Å²) >= 11 is 0. The number of likely N-dealkylation sites (tertiary alicyclic amines) is 1. The molecule has 158 valence electrons. The zero-order valence-electron chi connectivity index (χ0n) is 17.5. The molecular weight excluding hydrogens is 382 g/mol. The maximum Gasteiger partial charge on any atom is 0.222 e. The van der Waals surface area contributed by atoms with Crippen LogP contribution < -0.4 is 0 Å². The number of piperidine rings is 1. The molecule has 1 saturated heterocycles. The maximum atomic E-state index is 12.6. The molecule has 0 saturated carbocycles. The van der Waals surface area contributed by atoms with E-state index in [9.17, 15) is 14.4 Å². The number of rotatable bonds is 6. The number of Topliss-reactive ketones (excluding diaryl/α,β-unsaturated/α-hetero) is 2. The van der Waals surface area contributed by atoms with E-state index in [1.165, 1.54) is 0 Å². The molecule has 2 aromatic heterocycles. The van der Waals surface area contributed by atoms with E-state index < -0.39 is 0 Å². The van der Waals surface area contributed by atoms with Crippen LogP contribution in [0.25, 0.3) is 6.08 Å². The lowest BCUT2D eigenvalue weighted by atomic mass is 9.89. The Balaban J connectivity index is 1.24. The average Bonchev–Trinajstić information content (AvgIpc) is 3.34. The molecule has 1 fully saturated rings. The zero-order valence-corrected chi connectivity index (χ0v) is 17.5. The maximum absolute atomic E-state index is 12.6. The molecule has 8 nitrogen and oxygen atoms in total. The molecule has 8 heteroatoms. The summed E-state index contributed by atoms with van der Waals surface area (Å²) in [6.07, 6.45) is 10.7. The zero-order chi connectivity index (χ0) is 21.3. The van der Waals surface area contributed by atoms with Crippen LogP contribution in [0.5, 0.6) is 0 Å². The topological polar surface area (TPSA) is 90.1 Å². The van der Waals surface area contributed by atoms with E-state index in [1.54, 1.807) is 35.0 Å². The van der Waals surface area contributed by atoms with Crippen LogP contribution in [-0.4, -0.2) is 55.0 Å². The summed E-state index contributed by atoms with van der Waals surface area (Å²) in [7, 11) is 3.63. The summed E-state index contributed by atoms with van der Waals surface area (Å²) in [6.45, 7) is 1.24. The highest BCUT2D eigenvalue weighted by Crippen LogP contribution is 2.27. The average molecular weight is 409 g/mol. The summed E-state index contributed by atoms with van der Waals surface area (Å²) in [5.74, 6) is 0.317. The van der Waals surface area contributed by atoms with Crippen LogP contribution >= 0.6 is 0 Å². The minimum Gasteiger partial charge on any atom is -0.343 e. The van der Waals surface area contributed by atoms with Gasteiger partial charge in [-0.2, -0.15) is 10.2 Å². The van der Waals surface area contributed by atoms with Gasteiger partial charge in [-0.15, -0.1) is 0 Å². The number of aromatic nitrogens is 4. The lowest BCUT2D eigenvalue weighted by Crippen LogP contribution is -2.40. The highest BCUT2D eigenvalue weighted by molar-refractivity contribution is 6.03. The van der Waals surface area contributed by atoms with Gasteiger partial charge in [-0.05, 0) is 31.8 Å². The van der Waals surface area contributed by atoms with Crippen molar-refractivity contribution in [3.05, 3.63) is 41.0 Å². The van der Waals surface area contributed by atoms with Gasteiger partial charge in [0.2, 0.25) is 5.91 Å². The molecule has 0 radical (unpaired) electrons. The number of fused-ring (bicyclic) bond motifs is 1. The van der Waals surface area contributed by atoms with Crippen molar-refractivity contribution >= 4 is 23.5 Å². The Kier molecular flexibility index (Phi) is 5.65. The van der Waals surface area contributed by atoms with E-state index in [4.69, 9.17) is 0 Å². The summed E-state index contributed by atoms with van der Waals surface area (Å²) in [6, 6.07) is 0. The van der Waals surface area contributed by atoms with Crippen molar-refractivity contribution in [1.29, 1.82) is 0 Å². The molecule has 0 spiro atoms.